The Hall–Kier alpha value is -1.44. The molecule has 3 N–H and O–H groups in total. The third kappa shape index (κ3) is 5.45. The lowest BCUT2D eigenvalue weighted by Crippen LogP contribution is -2.08. The van der Waals surface area contributed by atoms with E-state index in [1.165, 1.54) is 17.5 Å². The minimum absolute atomic E-state index is 0.0712. The van der Waals surface area contributed by atoms with Crippen LogP contribution in [0, 0.1) is 0 Å². The molecule has 0 aliphatic rings. The molecule has 1 heterocycles. The second-order valence-electron chi connectivity index (χ2n) is 4.15. The van der Waals surface area contributed by atoms with Gasteiger partial charge < -0.3 is 15.1 Å². The van der Waals surface area contributed by atoms with Gasteiger partial charge in [-0.2, -0.15) is 0 Å². The molecule has 2 rings (SSSR count). The number of aromatic nitrogens is 2. The summed E-state index contributed by atoms with van der Waals surface area (Å²) in [6.07, 6.45) is 1.94. The van der Waals surface area contributed by atoms with Crippen LogP contribution in [-0.4, -0.2) is 34.5 Å². The average molecular weight is 322 g/mol. The molecule has 0 atom stereocenters. The predicted octanol–water partition coefficient (Wildman–Crippen LogP) is 2.86. The number of anilines is 2. The van der Waals surface area contributed by atoms with Crippen LogP contribution in [0.2, 0.25) is 0 Å². The summed E-state index contributed by atoms with van der Waals surface area (Å²) in [5.41, 5.74) is 1.24. The lowest BCUT2D eigenvalue weighted by molar-refractivity contribution is 0.311. The Bertz CT molecular complexity index is 554. The average Bonchev–Trinajstić information content (AvgIpc) is 2.52. The fourth-order valence-electron chi connectivity index (χ4n) is 1.64. The molecule has 0 bridgehead atoms. The van der Waals surface area contributed by atoms with Crippen molar-refractivity contribution in [3.63, 3.8) is 0 Å². The summed E-state index contributed by atoms with van der Waals surface area (Å²) in [6, 6.07) is 12.1. The molecule has 0 aliphatic heterocycles. The van der Waals surface area contributed by atoms with Crippen LogP contribution in [0.25, 0.3) is 0 Å². The number of nitrogens with zero attached hydrogens (tertiary/aromatic N) is 2. The number of nitrogens with one attached hydrogen (secondary N) is 2. The Labute approximate surface area is 133 Å². The second kappa shape index (κ2) is 8.76. The van der Waals surface area contributed by atoms with Crippen LogP contribution in [0.15, 0.2) is 41.6 Å². The number of aliphatic hydroxyl groups excluding tert-OH is 1. The summed E-state index contributed by atoms with van der Waals surface area (Å²) < 4.78 is 3.11. The highest BCUT2D eigenvalue weighted by Gasteiger charge is 2.05. The first-order chi connectivity index (χ1) is 10.3. The number of benzene rings is 1. The van der Waals surface area contributed by atoms with Crippen molar-refractivity contribution in [1.29, 1.82) is 0 Å². The summed E-state index contributed by atoms with van der Waals surface area (Å²) in [6.45, 7) is 0.542. The van der Waals surface area contributed by atoms with Gasteiger partial charge in [0.25, 0.3) is 0 Å². The van der Waals surface area contributed by atoms with Gasteiger partial charge in [-0.1, -0.05) is 54.0 Å². The van der Waals surface area contributed by atoms with E-state index in [0.717, 1.165) is 11.6 Å². The van der Waals surface area contributed by atoms with Crippen LogP contribution in [0.1, 0.15) is 5.56 Å². The number of hydrogen-bond donors (Lipinski definition) is 3. The summed E-state index contributed by atoms with van der Waals surface area (Å²) in [5, 5.41) is 12.7. The number of aliphatic hydroxyl groups is 1. The van der Waals surface area contributed by atoms with Crippen molar-refractivity contribution in [3.05, 3.63) is 42.0 Å². The highest BCUT2D eigenvalue weighted by Crippen LogP contribution is 2.23. The van der Waals surface area contributed by atoms with E-state index in [1.54, 1.807) is 11.8 Å². The molecular weight excluding hydrogens is 304 g/mol. The monoisotopic (exact) mass is 322 g/mol. The molecule has 21 heavy (non-hydrogen) atoms. The van der Waals surface area contributed by atoms with Gasteiger partial charge in [-0.3, -0.25) is 0 Å². The fraction of sp³-hybridized carbons (Fsp3) is 0.286. The molecule has 0 amide bonds. The Kier molecular flexibility index (Phi) is 6.65. The quantitative estimate of drug-likeness (QED) is 0.392. The summed E-state index contributed by atoms with van der Waals surface area (Å²) in [5.74, 6) is 2.29. The largest absolute Gasteiger partial charge is 0.395 e. The third-order valence-electron chi connectivity index (χ3n) is 2.54. The van der Waals surface area contributed by atoms with E-state index in [2.05, 4.69) is 32.1 Å². The molecule has 1 aromatic heterocycles. The zero-order valence-corrected chi connectivity index (χ0v) is 13.4. The highest BCUT2D eigenvalue weighted by molar-refractivity contribution is 7.99. The number of rotatable bonds is 8. The maximum atomic E-state index is 8.89. The normalized spacial score (nSPS) is 10.4. The van der Waals surface area contributed by atoms with Crippen LogP contribution in [-0.2, 0) is 5.75 Å². The Balaban J connectivity index is 2.07. The van der Waals surface area contributed by atoms with Crippen molar-refractivity contribution in [2.45, 2.75) is 10.9 Å². The molecule has 1 aromatic carbocycles. The van der Waals surface area contributed by atoms with Crippen molar-refractivity contribution in [2.24, 2.45) is 0 Å². The van der Waals surface area contributed by atoms with Crippen molar-refractivity contribution in [3.8, 4) is 0 Å². The molecule has 0 saturated carbocycles. The SMILES string of the molecule is CSNc1cc(NCCO)nc(SCc2ccccc2)n1. The minimum Gasteiger partial charge on any atom is -0.395 e. The smallest absolute Gasteiger partial charge is 0.191 e. The van der Waals surface area contributed by atoms with Crippen molar-refractivity contribution in [1.82, 2.24) is 9.97 Å². The summed E-state index contributed by atoms with van der Waals surface area (Å²) in [4.78, 5) is 8.91. The predicted molar refractivity (Wildman–Crippen MR) is 90.7 cm³/mol. The second-order valence-corrected chi connectivity index (χ2v) is 5.71. The third-order valence-corrected chi connectivity index (χ3v) is 3.87. The van der Waals surface area contributed by atoms with Crippen LogP contribution >= 0.6 is 23.7 Å². The molecule has 0 fully saturated rings. The van der Waals surface area contributed by atoms with E-state index in [-0.39, 0.29) is 6.61 Å². The van der Waals surface area contributed by atoms with Gasteiger partial charge >= 0.3 is 0 Å². The Morgan fingerprint density at radius 3 is 2.62 bits per heavy atom. The minimum atomic E-state index is 0.0712. The summed E-state index contributed by atoms with van der Waals surface area (Å²) >= 11 is 3.07. The standard InChI is InChI=1S/C14H18N4OS2/c1-20-18-13-9-12(15-7-8-19)16-14(17-13)21-10-11-5-3-2-4-6-11/h2-6,9,19H,7-8,10H2,1H3,(H2,15,16,17,18). The first-order valence-corrected chi connectivity index (χ1v) is 8.72. The van der Waals surface area contributed by atoms with Gasteiger partial charge in [-0.25, -0.2) is 9.97 Å². The van der Waals surface area contributed by atoms with Gasteiger partial charge in [-0.05, 0) is 5.56 Å². The van der Waals surface area contributed by atoms with Gasteiger partial charge in [0, 0.05) is 24.6 Å². The number of hydrogen-bond acceptors (Lipinski definition) is 7. The fourth-order valence-corrected chi connectivity index (χ4v) is 2.77. The van der Waals surface area contributed by atoms with E-state index in [9.17, 15) is 0 Å². The van der Waals surface area contributed by atoms with E-state index >= 15 is 0 Å². The van der Waals surface area contributed by atoms with E-state index < -0.39 is 0 Å². The van der Waals surface area contributed by atoms with E-state index in [4.69, 9.17) is 5.11 Å². The van der Waals surface area contributed by atoms with Crippen LogP contribution in [0.5, 0.6) is 0 Å². The van der Waals surface area contributed by atoms with Gasteiger partial charge in [0.15, 0.2) is 5.16 Å². The molecule has 0 spiro atoms. The van der Waals surface area contributed by atoms with Gasteiger partial charge in [0.1, 0.15) is 11.6 Å². The first-order valence-electron chi connectivity index (χ1n) is 6.51. The molecular formula is C14H18N4OS2. The number of thioether (sulfide) groups is 1. The highest BCUT2D eigenvalue weighted by atomic mass is 32.2. The maximum Gasteiger partial charge on any atom is 0.191 e. The van der Waals surface area contributed by atoms with Gasteiger partial charge in [-0.15, -0.1) is 0 Å². The van der Waals surface area contributed by atoms with Crippen molar-refractivity contribution >= 4 is 35.3 Å². The molecule has 112 valence electrons. The van der Waals surface area contributed by atoms with Crippen molar-refractivity contribution in [2.75, 3.05) is 29.4 Å². The Morgan fingerprint density at radius 2 is 1.90 bits per heavy atom. The van der Waals surface area contributed by atoms with E-state index in [0.29, 0.717) is 17.5 Å². The van der Waals surface area contributed by atoms with Crippen LogP contribution in [0.4, 0.5) is 11.6 Å². The van der Waals surface area contributed by atoms with Crippen LogP contribution < -0.4 is 10.0 Å². The first kappa shape index (κ1) is 15.9. The molecule has 7 heteroatoms. The zero-order valence-electron chi connectivity index (χ0n) is 11.7. The zero-order chi connectivity index (χ0) is 14.9. The van der Waals surface area contributed by atoms with E-state index in [1.807, 2.05) is 30.5 Å². The molecule has 2 aromatic rings. The molecule has 0 saturated heterocycles. The molecule has 0 aliphatic carbocycles. The van der Waals surface area contributed by atoms with Gasteiger partial charge in [0.05, 0.1) is 6.61 Å². The lowest BCUT2D eigenvalue weighted by Gasteiger charge is -2.09. The molecule has 0 unspecified atom stereocenters. The molecule has 0 radical (unpaired) electrons. The molecule has 5 nitrogen and oxygen atoms in total. The Morgan fingerprint density at radius 1 is 1.14 bits per heavy atom. The summed E-state index contributed by atoms with van der Waals surface area (Å²) in [7, 11) is 0. The van der Waals surface area contributed by atoms with Gasteiger partial charge in [0.2, 0.25) is 0 Å². The van der Waals surface area contributed by atoms with Crippen LogP contribution in [0.3, 0.4) is 0 Å². The topological polar surface area (TPSA) is 70.1 Å². The maximum absolute atomic E-state index is 8.89. The lowest BCUT2D eigenvalue weighted by atomic mass is 10.2. The van der Waals surface area contributed by atoms with Crippen molar-refractivity contribution < 1.29 is 5.11 Å².